The number of benzene rings is 1. The van der Waals surface area contributed by atoms with Crippen LogP contribution in [0, 0.1) is 0 Å². The summed E-state index contributed by atoms with van der Waals surface area (Å²) in [4.78, 5) is 12.3. The van der Waals surface area contributed by atoms with Gasteiger partial charge in [-0.1, -0.05) is 35.9 Å². The largest absolute Gasteiger partial charge is 0.381 e. The van der Waals surface area contributed by atoms with Crippen LogP contribution in [-0.2, 0) is 6.42 Å². The molecule has 0 unspecified atom stereocenters. The second-order valence-electron chi connectivity index (χ2n) is 5.00. The fourth-order valence-electron chi connectivity index (χ4n) is 2.23. The topological polar surface area (TPSA) is 37.3 Å². The van der Waals surface area contributed by atoms with Gasteiger partial charge in [0, 0.05) is 12.0 Å². The molecule has 2 rings (SSSR count). The number of rotatable bonds is 2. The van der Waals surface area contributed by atoms with Gasteiger partial charge >= 0.3 is 0 Å². The highest BCUT2D eigenvalue weighted by Crippen LogP contribution is 2.31. The molecule has 0 amide bonds. The van der Waals surface area contributed by atoms with Gasteiger partial charge < -0.3 is 5.11 Å². The molecule has 0 radical (unpaired) electrons. The van der Waals surface area contributed by atoms with Gasteiger partial charge in [-0.2, -0.15) is 0 Å². The van der Waals surface area contributed by atoms with E-state index in [4.69, 9.17) is 0 Å². The molecule has 1 aromatic rings. The Kier molecular flexibility index (Phi) is 3.16. The van der Waals surface area contributed by atoms with Crippen molar-refractivity contribution in [1.29, 1.82) is 0 Å². The van der Waals surface area contributed by atoms with Gasteiger partial charge in [-0.05, 0) is 32.3 Å². The van der Waals surface area contributed by atoms with Gasteiger partial charge in [0.25, 0.3) is 0 Å². The zero-order valence-electron chi connectivity index (χ0n) is 10.4. The van der Waals surface area contributed by atoms with Crippen LogP contribution in [0.25, 0.3) is 0 Å². The smallest absolute Gasteiger partial charge is 0.194 e. The maximum Gasteiger partial charge on any atom is 0.194 e. The molecule has 0 aromatic heterocycles. The number of ketones is 1. The lowest BCUT2D eigenvalue weighted by Gasteiger charge is -2.31. The molecule has 2 nitrogen and oxygen atoms in total. The second kappa shape index (κ2) is 4.46. The highest BCUT2D eigenvalue weighted by Gasteiger charge is 2.39. The molecule has 0 saturated heterocycles. The number of hydrogen-bond donors (Lipinski definition) is 1. The predicted octanol–water partition coefficient (Wildman–Crippen LogP) is 2.90. The van der Waals surface area contributed by atoms with E-state index in [1.165, 1.54) is 0 Å². The van der Waals surface area contributed by atoms with E-state index < -0.39 is 5.60 Å². The lowest BCUT2D eigenvalue weighted by molar-refractivity contribution is 0.0259. The summed E-state index contributed by atoms with van der Waals surface area (Å²) < 4.78 is 0. The van der Waals surface area contributed by atoms with Crippen molar-refractivity contribution >= 4 is 5.78 Å². The first-order chi connectivity index (χ1) is 8.03. The monoisotopic (exact) mass is 230 g/mol. The average molecular weight is 230 g/mol. The van der Waals surface area contributed by atoms with E-state index >= 15 is 0 Å². The van der Waals surface area contributed by atoms with E-state index in [0.29, 0.717) is 18.4 Å². The fraction of sp³-hybridized carbons (Fsp3) is 0.400. The van der Waals surface area contributed by atoms with Crippen LogP contribution in [0.5, 0.6) is 0 Å². The zero-order valence-corrected chi connectivity index (χ0v) is 10.4. The molecule has 90 valence electrons. The SMILES string of the molecule is CC(C)=CC[C@]1(O)CCc2ccccc2C1=O. The minimum absolute atomic E-state index is 0.128. The summed E-state index contributed by atoms with van der Waals surface area (Å²) in [5.41, 5.74) is 1.67. The number of aliphatic hydroxyl groups is 1. The van der Waals surface area contributed by atoms with Gasteiger partial charge in [0.2, 0.25) is 0 Å². The third-order valence-electron chi connectivity index (χ3n) is 3.34. The van der Waals surface area contributed by atoms with E-state index in [1.54, 1.807) is 0 Å². The Morgan fingerprint density at radius 3 is 2.82 bits per heavy atom. The van der Waals surface area contributed by atoms with Crippen LogP contribution in [0.4, 0.5) is 0 Å². The van der Waals surface area contributed by atoms with Crippen molar-refractivity contribution in [2.75, 3.05) is 0 Å². The second-order valence-corrected chi connectivity index (χ2v) is 5.00. The van der Waals surface area contributed by atoms with Gasteiger partial charge in [-0.3, -0.25) is 4.79 Å². The normalized spacial score (nSPS) is 23.1. The molecule has 17 heavy (non-hydrogen) atoms. The summed E-state index contributed by atoms with van der Waals surface area (Å²) >= 11 is 0. The Labute approximate surface area is 102 Å². The number of Topliss-reactive ketones (excluding diaryl/α,β-unsaturated/α-hetero) is 1. The Morgan fingerprint density at radius 2 is 2.12 bits per heavy atom. The summed E-state index contributed by atoms with van der Waals surface area (Å²) in [7, 11) is 0. The lowest BCUT2D eigenvalue weighted by atomic mass is 9.77. The maximum absolute atomic E-state index is 12.3. The van der Waals surface area contributed by atoms with Crippen molar-refractivity contribution in [2.24, 2.45) is 0 Å². The van der Waals surface area contributed by atoms with Crippen molar-refractivity contribution in [3.63, 3.8) is 0 Å². The van der Waals surface area contributed by atoms with Crippen LogP contribution >= 0.6 is 0 Å². The van der Waals surface area contributed by atoms with Crippen LogP contribution in [0.2, 0.25) is 0 Å². The van der Waals surface area contributed by atoms with Gasteiger partial charge in [0.05, 0.1) is 0 Å². The first kappa shape index (κ1) is 12.1. The summed E-state index contributed by atoms with van der Waals surface area (Å²) in [6, 6.07) is 7.56. The molecular formula is C15H18O2. The summed E-state index contributed by atoms with van der Waals surface area (Å²) in [6.07, 6.45) is 3.65. The molecule has 0 saturated carbocycles. The molecule has 2 heteroatoms. The van der Waals surface area contributed by atoms with Crippen molar-refractivity contribution in [2.45, 2.75) is 38.7 Å². The highest BCUT2D eigenvalue weighted by molar-refractivity contribution is 6.04. The molecule has 1 aliphatic rings. The molecule has 0 heterocycles. The molecule has 0 aliphatic heterocycles. The number of carbonyl (C=O) groups is 1. The summed E-state index contributed by atoms with van der Waals surface area (Å²) in [5.74, 6) is -0.128. The Morgan fingerprint density at radius 1 is 1.41 bits per heavy atom. The van der Waals surface area contributed by atoms with Crippen molar-refractivity contribution < 1.29 is 9.90 Å². The third-order valence-corrected chi connectivity index (χ3v) is 3.34. The number of aryl methyl sites for hydroxylation is 1. The quantitative estimate of drug-likeness (QED) is 0.793. The van der Waals surface area contributed by atoms with Crippen LogP contribution in [0.15, 0.2) is 35.9 Å². The molecule has 1 aliphatic carbocycles. The molecule has 1 atom stereocenters. The minimum Gasteiger partial charge on any atom is -0.381 e. The average Bonchev–Trinajstić information content (AvgIpc) is 2.32. The summed E-state index contributed by atoms with van der Waals surface area (Å²) in [5, 5.41) is 10.4. The van der Waals surface area contributed by atoms with E-state index in [2.05, 4.69) is 0 Å². The number of fused-ring (bicyclic) bond motifs is 1. The van der Waals surface area contributed by atoms with Gasteiger partial charge in [0.1, 0.15) is 5.60 Å². The Balaban J connectivity index is 2.30. The molecular weight excluding hydrogens is 212 g/mol. The molecule has 0 spiro atoms. The van der Waals surface area contributed by atoms with Crippen LogP contribution in [-0.4, -0.2) is 16.5 Å². The molecule has 0 fully saturated rings. The summed E-state index contributed by atoms with van der Waals surface area (Å²) in [6.45, 7) is 3.95. The predicted molar refractivity (Wildman–Crippen MR) is 68.1 cm³/mol. The van der Waals surface area contributed by atoms with Gasteiger partial charge in [-0.25, -0.2) is 0 Å². The van der Waals surface area contributed by atoms with E-state index in [-0.39, 0.29) is 5.78 Å². The van der Waals surface area contributed by atoms with Crippen LogP contribution < -0.4 is 0 Å². The number of hydrogen-bond acceptors (Lipinski definition) is 2. The first-order valence-electron chi connectivity index (χ1n) is 6.01. The minimum atomic E-state index is -1.20. The van der Waals surface area contributed by atoms with Crippen molar-refractivity contribution in [1.82, 2.24) is 0 Å². The lowest BCUT2D eigenvalue weighted by Crippen LogP contribution is -2.42. The van der Waals surface area contributed by atoms with Gasteiger partial charge in [0.15, 0.2) is 5.78 Å². The standard InChI is InChI=1S/C15H18O2/c1-11(2)7-9-15(17)10-8-12-5-3-4-6-13(12)14(15)16/h3-7,17H,8-10H2,1-2H3/t15-/m0/s1. The maximum atomic E-state index is 12.3. The zero-order chi connectivity index (χ0) is 12.5. The highest BCUT2D eigenvalue weighted by atomic mass is 16.3. The van der Waals surface area contributed by atoms with Gasteiger partial charge in [-0.15, -0.1) is 0 Å². The van der Waals surface area contributed by atoms with Crippen LogP contribution in [0.1, 0.15) is 42.6 Å². The molecule has 0 bridgehead atoms. The fourth-order valence-corrected chi connectivity index (χ4v) is 2.23. The van der Waals surface area contributed by atoms with E-state index in [0.717, 1.165) is 17.6 Å². The number of carbonyl (C=O) groups excluding carboxylic acids is 1. The van der Waals surface area contributed by atoms with E-state index in [1.807, 2.05) is 44.2 Å². The third kappa shape index (κ3) is 2.32. The van der Waals surface area contributed by atoms with Crippen LogP contribution in [0.3, 0.4) is 0 Å². The molecule has 1 aromatic carbocycles. The van der Waals surface area contributed by atoms with Crippen molar-refractivity contribution in [3.05, 3.63) is 47.0 Å². The first-order valence-corrected chi connectivity index (χ1v) is 6.01. The Hall–Kier alpha value is -1.41. The Bertz CT molecular complexity index is 470. The van der Waals surface area contributed by atoms with Crippen molar-refractivity contribution in [3.8, 4) is 0 Å². The molecule has 1 N–H and O–H groups in total. The van der Waals surface area contributed by atoms with E-state index in [9.17, 15) is 9.90 Å². The number of allylic oxidation sites excluding steroid dienone is 1.